The Kier molecular flexibility index (Phi) is 4.01. The first-order valence-electron chi connectivity index (χ1n) is 6.65. The Hall–Kier alpha value is -0.880. The fourth-order valence-corrected chi connectivity index (χ4v) is 3.95. The summed E-state index contributed by atoms with van der Waals surface area (Å²) < 4.78 is 28.5. The summed E-state index contributed by atoms with van der Waals surface area (Å²) >= 11 is 0. The number of nitrogens with one attached hydrogen (secondary N) is 1. The summed E-state index contributed by atoms with van der Waals surface area (Å²) in [5.41, 5.74) is 0.0783. The molecule has 0 saturated carbocycles. The fourth-order valence-electron chi connectivity index (χ4n) is 2.19. The second-order valence-electron chi connectivity index (χ2n) is 6.18. The Bertz CT molecular complexity index is 528. The van der Waals surface area contributed by atoms with E-state index < -0.39 is 9.84 Å². The fraction of sp³-hybridized carbons (Fsp3) is 0.769. The third kappa shape index (κ3) is 4.31. The molecular weight excluding hydrogens is 264 g/mol. The van der Waals surface area contributed by atoms with Crippen molar-refractivity contribution in [2.24, 2.45) is 0 Å². The molecule has 1 aromatic heterocycles. The van der Waals surface area contributed by atoms with Gasteiger partial charge in [0.1, 0.15) is 5.76 Å². The molecule has 1 atom stereocenters. The molecule has 5 nitrogen and oxygen atoms in total. The molecule has 1 saturated heterocycles. The van der Waals surface area contributed by atoms with Gasteiger partial charge in [-0.3, -0.25) is 0 Å². The van der Waals surface area contributed by atoms with Crippen molar-refractivity contribution in [1.82, 2.24) is 10.3 Å². The van der Waals surface area contributed by atoms with Gasteiger partial charge in [0.25, 0.3) is 0 Å². The summed E-state index contributed by atoms with van der Waals surface area (Å²) in [4.78, 5) is 4.23. The Morgan fingerprint density at radius 3 is 2.79 bits per heavy atom. The smallest absolute Gasteiger partial charge is 0.195 e. The molecule has 0 aliphatic carbocycles. The molecule has 19 heavy (non-hydrogen) atoms. The maximum absolute atomic E-state index is 11.4. The minimum atomic E-state index is -2.87. The van der Waals surface area contributed by atoms with Crippen molar-refractivity contribution in [3.8, 4) is 0 Å². The van der Waals surface area contributed by atoms with Gasteiger partial charge in [-0.2, -0.15) is 0 Å². The predicted molar refractivity (Wildman–Crippen MR) is 74.0 cm³/mol. The topological polar surface area (TPSA) is 72.2 Å². The quantitative estimate of drug-likeness (QED) is 0.908. The molecule has 2 rings (SSSR count). The van der Waals surface area contributed by atoms with Crippen LogP contribution in [-0.2, 0) is 16.3 Å². The van der Waals surface area contributed by atoms with Crippen LogP contribution in [0.15, 0.2) is 10.6 Å². The molecule has 1 unspecified atom stereocenters. The third-order valence-corrected chi connectivity index (χ3v) is 4.97. The zero-order valence-corrected chi connectivity index (χ0v) is 12.6. The van der Waals surface area contributed by atoms with Crippen LogP contribution in [0.4, 0.5) is 0 Å². The SMILES string of the molecule is CC(C)(C)NCCc1ncc(C2CCS(=O)(=O)C2)o1. The van der Waals surface area contributed by atoms with Crippen LogP contribution < -0.4 is 5.32 Å². The summed E-state index contributed by atoms with van der Waals surface area (Å²) in [6.45, 7) is 7.12. The van der Waals surface area contributed by atoms with E-state index in [1.54, 1.807) is 6.20 Å². The summed E-state index contributed by atoms with van der Waals surface area (Å²) in [5, 5.41) is 3.37. The lowest BCUT2D eigenvalue weighted by Crippen LogP contribution is -2.37. The largest absolute Gasteiger partial charge is 0.445 e. The van der Waals surface area contributed by atoms with E-state index in [1.807, 2.05) is 0 Å². The van der Waals surface area contributed by atoms with E-state index in [9.17, 15) is 8.42 Å². The summed E-state index contributed by atoms with van der Waals surface area (Å²) in [5.74, 6) is 1.84. The van der Waals surface area contributed by atoms with Crippen molar-refractivity contribution in [2.75, 3.05) is 18.1 Å². The van der Waals surface area contributed by atoms with Crippen LogP contribution in [0, 0.1) is 0 Å². The average Bonchev–Trinajstić information content (AvgIpc) is 2.83. The maximum Gasteiger partial charge on any atom is 0.195 e. The summed E-state index contributed by atoms with van der Waals surface area (Å²) in [6.07, 6.45) is 3.05. The number of aromatic nitrogens is 1. The monoisotopic (exact) mass is 286 g/mol. The number of rotatable bonds is 4. The Morgan fingerprint density at radius 2 is 2.21 bits per heavy atom. The highest BCUT2D eigenvalue weighted by Crippen LogP contribution is 2.29. The molecule has 1 aromatic rings. The van der Waals surface area contributed by atoms with Gasteiger partial charge in [0.15, 0.2) is 15.7 Å². The van der Waals surface area contributed by atoms with Gasteiger partial charge in [-0.25, -0.2) is 13.4 Å². The summed E-state index contributed by atoms with van der Waals surface area (Å²) in [6, 6.07) is 0. The summed E-state index contributed by atoms with van der Waals surface area (Å²) in [7, 11) is -2.87. The van der Waals surface area contributed by atoms with Crippen LogP contribution >= 0.6 is 0 Å². The standard InChI is InChI=1S/C13H22N2O3S/c1-13(2,3)15-6-4-12-14-8-11(18-12)10-5-7-19(16,17)9-10/h8,10,15H,4-7,9H2,1-3H3. The van der Waals surface area contributed by atoms with Gasteiger partial charge in [-0.15, -0.1) is 0 Å². The van der Waals surface area contributed by atoms with Crippen molar-refractivity contribution in [2.45, 2.75) is 45.1 Å². The first-order chi connectivity index (χ1) is 8.75. The molecule has 1 fully saturated rings. The lowest BCUT2D eigenvalue weighted by molar-refractivity contribution is 0.395. The molecule has 1 aliphatic rings. The van der Waals surface area contributed by atoms with Crippen LogP contribution in [0.1, 0.15) is 44.8 Å². The second-order valence-corrected chi connectivity index (χ2v) is 8.41. The van der Waals surface area contributed by atoms with E-state index in [0.29, 0.717) is 18.1 Å². The van der Waals surface area contributed by atoms with Crippen LogP contribution in [0.2, 0.25) is 0 Å². The van der Waals surface area contributed by atoms with Gasteiger partial charge < -0.3 is 9.73 Å². The molecule has 0 aromatic carbocycles. The molecule has 1 aliphatic heterocycles. The van der Waals surface area contributed by atoms with Crippen molar-refractivity contribution in [1.29, 1.82) is 0 Å². The van der Waals surface area contributed by atoms with E-state index in [0.717, 1.165) is 13.0 Å². The molecule has 6 heteroatoms. The van der Waals surface area contributed by atoms with E-state index in [2.05, 4.69) is 31.1 Å². The highest BCUT2D eigenvalue weighted by Gasteiger charge is 2.31. The van der Waals surface area contributed by atoms with E-state index >= 15 is 0 Å². The molecule has 0 amide bonds. The highest BCUT2D eigenvalue weighted by molar-refractivity contribution is 7.91. The van der Waals surface area contributed by atoms with Crippen molar-refractivity contribution in [3.05, 3.63) is 17.8 Å². The third-order valence-electron chi connectivity index (χ3n) is 3.20. The lowest BCUT2D eigenvalue weighted by Gasteiger charge is -2.19. The van der Waals surface area contributed by atoms with Crippen molar-refractivity contribution >= 4 is 9.84 Å². The van der Waals surface area contributed by atoms with E-state index in [4.69, 9.17) is 4.42 Å². The van der Waals surface area contributed by atoms with Gasteiger partial charge in [-0.05, 0) is 27.2 Å². The molecule has 1 N–H and O–H groups in total. The zero-order valence-electron chi connectivity index (χ0n) is 11.8. The van der Waals surface area contributed by atoms with E-state index in [-0.39, 0.29) is 23.0 Å². The van der Waals surface area contributed by atoms with Gasteiger partial charge in [0, 0.05) is 24.4 Å². The normalized spacial score (nSPS) is 22.8. The molecular formula is C13H22N2O3S. The number of oxazole rings is 1. The molecule has 2 heterocycles. The minimum Gasteiger partial charge on any atom is -0.445 e. The van der Waals surface area contributed by atoms with Crippen LogP contribution in [0.25, 0.3) is 0 Å². The first kappa shape index (κ1) is 14.5. The molecule has 0 spiro atoms. The average molecular weight is 286 g/mol. The van der Waals surface area contributed by atoms with Crippen LogP contribution in [0.5, 0.6) is 0 Å². The molecule has 0 radical (unpaired) electrons. The van der Waals surface area contributed by atoms with Crippen molar-refractivity contribution in [3.63, 3.8) is 0 Å². The maximum atomic E-state index is 11.4. The van der Waals surface area contributed by atoms with Crippen LogP contribution in [-0.4, -0.2) is 37.0 Å². The van der Waals surface area contributed by atoms with Gasteiger partial charge >= 0.3 is 0 Å². The second kappa shape index (κ2) is 5.25. The van der Waals surface area contributed by atoms with Gasteiger partial charge in [-0.1, -0.05) is 0 Å². The predicted octanol–water partition coefficient (Wildman–Crippen LogP) is 1.51. The first-order valence-corrected chi connectivity index (χ1v) is 8.47. The Balaban J connectivity index is 1.89. The Morgan fingerprint density at radius 1 is 1.47 bits per heavy atom. The molecule has 108 valence electrons. The number of hydrogen-bond acceptors (Lipinski definition) is 5. The Labute approximate surface area is 114 Å². The lowest BCUT2D eigenvalue weighted by atomic mass is 10.1. The minimum absolute atomic E-state index is 0.0122. The number of nitrogens with zero attached hydrogens (tertiary/aromatic N) is 1. The highest BCUT2D eigenvalue weighted by atomic mass is 32.2. The van der Waals surface area contributed by atoms with Gasteiger partial charge in [0.2, 0.25) is 0 Å². The zero-order chi connectivity index (χ0) is 14.1. The van der Waals surface area contributed by atoms with Crippen LogP contribution in [0.3, 0.4) is 0 Å². The number of sulfone groups is 1. The van der Waals surface area contributed by atoms with E-state index in [1.165, 1.54) is 0 Å². The van der Waals surface area contributed by atoms with Crippen molar-refractivity contribution < 1.29 is 12.8 Å². The van der Waals surface area contributed by atoms with Gasteiger partial charge in [0.05, 0.1) is 17.7 Å². The number of hydrogen-bond donors (Lipinski definition) is 1. The molecule has 0 bridgehead atoms.